The Balaban J connectivity index is 0. The first kappa shape index (κ1) is 10.4. The Morgan fingerprint density at radius 1 is 1.75 bits per heavy atom. The smallest absolute Gasteiger partial charge is 0.300 e. The number of hydrogen-bond donors (Lipinski definition) is 3. The van der Waals surface area contributed by atoms with Gasteiger partial charge >= 0.3 is 0 Å². The zero-order valence-corrected chi connectivity index (χ0v) is 5.01. The van der Waals surface area contributed by atoms with E-state index in [1.54, 1.807) is 0 Å². The summed E-state index contributed by atoms with van der Waals surface area (Å²) < 4.78 is 0. The number of rotatable bonds is 1. The number of aliphatic carboxylic acids is 1. The Morgan fingerprint density at radius 3 is 1.88 bits per heavy atom. The molecule has 0 aromatic rings. The fraction of sp³-hybridized carbons (Fsp3) is 0.750. The van der Waals surface area contributed by atoms with E-state index in [1.807, 2.05) is 12.4 Å². The van der Waals surface area contributed by atoms with Crippen molar-refractivity contribution in [3.05, 3.63) is 0 Å². The molecular weight excluding hydrogens is 110 g/mol. The van der Waals surface area contributed by atoms with Crippen LogP contribution in [-0.2, 0) is 4.79 Å². The molecule has 0 bridgehead atoms. The van der Waals surface area contributed by atoms with Gasteiger partial charge in [0.1, 0.15) is 0 Å². The van der Waals surface area contributed by atoms with Crippen molar-refractivity contribution in [2.24, 2.45) is 0 Å². The third-order valence-electron chi connectivity index (χ3n) is 0.158. The number of hydrogen-bond acceptors (Lipinski definition) is 3. The average Bonchev–Trinajstić information content (AvgIpc) is 1.65. The van der Waals surface area contributed by atoms with Crippen LogP contribution in [0.15, 0.2) is 0 Å². The van der Waals surface area contributed by atoms with E-state index in [1.165, 1.54) is 0 Å². The van der Waals surface area contributed by atoms with Crippen LogP contribution in [0, 0.1) is 0 Å². The van der Waals surface area contributed by atoms with Crippen LogP contribution in [0.5, 0.6) is 0 Å². The summed E-state index contributed by atoms with van der Waals surface area (Å²) in [5.41, 5.74) is 1.93. The molecule has 0 aliphatic carbocycles. The Labute approximate surface area is 48.1 Å². The molecule has 0 aliphatic rings. The van der Waals surface area contributed by atoms with Crippen molar-refractivity contribution in [1.82, 2.24) is 5.48 Å². The van der Waals surface area contributed by atoms with Crippen LogP contribution < -0.4 is 5.48 Å². The summed E-state index contributed by atoms with van der Waals surface area (Å²) in [6.07, 6.45) is 0. The SMILES string of the molecule is CC(=O)O.CCNO. The average molecular weight is 121 g/mol. The molecule has 0 aliphatic heterocycles. The van der Waals surface area contributed by atoms with Crippen LogP contribution in [-0.4, -0.2) is 22.8 Å². The first-order valence-electron chi connectivity index (χ1n) is 2.21. The van der Waals surface area contributed by atoms with E-state index in [4.69, 9.17) is 15.1 Å². The van der Waals surface area contributed by atoms with Crippen molar-refractivity contribution in [2.45, 2.75) is 13.8 Å². The maximum absolute atomic E-state index is 9.00. The van der Waals surface area contributed by atoms with Gasteiger partial charge in [0.2, 0.25) is 0 Å². The largest absolute Gasteiger partial charge is 0.481 e. The molecule has 0 amide bonds. The lowest BCUT2D eigenvalue weighted by Crippen LogP contribution is -2.02. The molecule has 0 rings (SSSR count). The van der Waals surface area contributed by atoms with Crippen LogP contribution >= 0.6 is 0 Å². The first-order chi connectivity index (χ1) is 3.65. The van der Waals surface area contributed by atoms with Crippen molar-refractivity contribution in [2.75, 3.05) is 6.54 Å². The van der Waals surface area contributed by atoms with Gasteiger partial charge in [-0.15, -0.1) is 0 Å². The molecule has 0 atom stereocenters. The van der Waals surface area contributed by atoms with Gasteiger partial charge in [0.25, 0.3) is 5.97 Å². The van der Waals surface area contributed by atoms with Gasteiger partial charge in [0.05, 0.1) is 0 Å². The van der Waals surface area contributed by atoms with Crippen LogP contribution in [0.3, 0.4) is 0 Å². The summed E-state index contributed by atoms with van der Waals surface area (Å²) in [6, 6.07) is 0. The summed E-state index contributed by atoms with van der Waals surface area (Å²) in [6.45, 7) is 3.53. The van der Waals surface area contributed by atoms with Crippen molar-refractivity contribution >= 4 is 5.97 Å². The lowest BCUT2D eigenvalue weighted by atomic mass is 10.8. The van der Waals surface area contributed by atoms with Crippen LogP contribution in [0.4, 0.5) is 0 Å². The fourth-order valence-electron chi connectivity index (χ4n) is 0. The minimum Gasteiger partial charge on any atom is -0.481 e. The third kappa shape index (κ3) is 683. The predicted molar refractivity (Wildman–Crippen MR) is 28.8 cm³/mol. The van der Waals surface area contributed by atoms with E-state index >= 15 is 0 Å². The lowest BCUT2D eigenvalue weighted by molar-refractivity contribution is -0.134. The molecule has 0 radical (unpaired) electrons. The zero-order valence-electron chi connectivity index (χ0n) is 5.01. The van der Waals surface area contributed by atoms with Gasteiger partial charge in [0.15, 0.2) is 0 Å². The molecular formula is C4H11NO3. The molecule has 0 heterocycles. The second kappa shape index (κ2) is 9.63. The number of hydroxylamine groups is 1. The summed E-state index contributed by atoms with van der Waals surface area (Å²) in [5.74, 6) is -0.833. The number of carboxylic acids is 1. The highest BCUT2D eigenvalue weighted by atomic mass is 16.5. The number of carboxylic acid groups (broad SMARTS) is 1. The lowest BCUT2D eigenvalue weighted by Gasteiger charge is -1.75. The molecule has 0 aromatic carbocycles. The highest BCUT2D eigenvalue weighted by Crippen LogP contribution is 1.42. The summed E-state index contributed by atoms with van der Waals surface area (Å²) >= 11 is 0. The van der Waals surface area contributed by atoms with Crippen molar-refractivity contribution in [3.63, 3.8) is 0 Å². The Kier molecular flexibility index (Phi) is 12.5. The Morgan fingerprint density at radius 2 is 1.88 bits per heavy atom. The summed E-state index contributed by atoms with van der Waals surface area (Å²) in [4.78, 5) is 9.00. The minimum atomic E-state index is -0.833. The van der Waals surface area contributed by atoms with E-state index in [2.05, 4.69) is 0 Å². The van der Waals surface area contributed by atoms with Crippen LogP contribution in [0.1, 0.15) is 13.8 Å². The van der Waals surface area contributed by atoms with Crippen molar-refractivity contribution in [3.8, 4) is 0 Å². The molecule has 4 heteroatoms. The van der Waals surface area contributed by atoms with Gasteiger partial charge in [0, 0.05) is 13.5 Å². The zero-order chi connectivity index (χ0) is 6.99. The summed E-state index contributed by atoms with van der Waals surface area (Å²) in [5, 5.41) is 15.0. The molecule has 8 heavy (non-hydrogen) atoms. The van der Waals surface area contributed by atoms with E-state index in [0.29, 0.717) is 6.54 Å². The van der Waals surface area contributed by atoms with E-state index in [9.17, 15) is 0 Å². The topological polar surface area (TPSA) is 69.6 Å². The highest BCUT2D eigenvalue weighted by Gasteiger charge is 1.65. The Bertz CT molecular complexity index is 49.2. The molecule has 4 nitrogen and oxygen atoms in total. The summed E-state index contributed by atoms with van der Waals surface area (Å²) in [7, 11) is 0. The standard InChI is InChI=1S/C2H7NO.C2H4O2/c1-2-3-4;1-2(3)4/h3-4H,2H2,1H3;1H3,(H,3,4). The van der Waals surface area contributed by atoms with E-state index < -0.39 is 5.97 Å². The minimum absolute atomic E-state index is 0.625. The van der Waals surface area contributed by atoms with Gasteiger partial charge in [-0.1, -0.05) is 6.92 Å². The van der Waals surface area contributed by atoms with Gasteiger partial charge in [-0.2, -0.15) is 0 Å². The molecule has 50 valence electrons. The highest BCUT2D eigenvalue weighted by molar-refractivity contribution is 5.62. The quantitative estimate of drug-likeness (QED) is 0.429. The fourth-order valence-corrected chi connectivity index (χ4v) is 0. The van der Waals surface area contributed by atoms with Crippen LogP contribution in [0.2, 0.25) is 0 Å². The maximum atomic E-state index is 9.00. The van der Waals surface area contributed by atoms with E-state index in [-0.39, 0.29) is 0 Å². The molecule has 0 aromatic heterocycles. The Hall–Kier alpha value is -0.610. The number of carbonyl (C=O) groups is 1. The molecule has 0 spiro atoms. The van der Waals surface area contributed by atoms with Gasteiger partial charge in [-0.05, 0) is 0 Å². The molecule has 0 unspecified atom stereocenters. The second-order valence-electron chi connectivity index (χ2n) is 1.03. The normalized spacial score (nSPS) is 6.88. The monoisotopic (exact) mass is 121 g/mol. The molecule has 0 saturated heterocycles. The predicted octanol–water partition coefficient (Wildman–Crippen LogP) is 0.0760. The van der Waals surface area contributed by atoms with Gasteiger partial charge < -0.3 is 10.3 Å². The van der Waals surface area contributed by atoms with E-state index in [0.717, 1.165) is 6.92 Å². The molecule has 0 fully saturated rings. The maximum Gasteiger partial charge on any atom is 0.300 e. The number of nitrogens with one attached hydrogen (secondary N) is 1. The molecule has 3 N–H and O–H groups in total. The van der Waals surface area contributed by atoms with Crippen LogP contribution in [0.25, 0.3) is 0 Å². The third-order valence-corrected chi connectivity index (χ3v) is 0.158. The van der Waals surface area contributed by atoms with Crippen molar-refractivity contribution < 1.29 is 15.1 Å². The first-order valence-corrected chi connectivity index (χ1v) is 2.21. The molecule has 0 saturated carbocycles. The van der Waals surface area contributed by atoms with Gasteiger partial charge in [-0.3, -0.25) is 4.79 Å². The van der Waals surface area contributed by atoms with Gasteiger partial charge in [-0.25, -0.2) is 5.48 Å². The van der Waals surface area contributed by atoms with Crippen molar-refractivity contribution in [1.29, 1.82) is 0 Å². The second-order valence-corrected chi connectivity index (χ2v) is 1.03.